The molecule has 0 unspecified atom stereocenters. The van der Waals surface area contributed by atoms with E-state index in [4.69, 9.17) is 10.00 Å². The van der Waals surface area contributed by atoms with Gasteiger partial charge in [0, 0.05) is 24.7 Å². The minimum absolute atomic E-state index is 0.124. The molecule has 0 aromatic heterocycles. The van der Waals surface area contributed by atoms with E-state index in [2.05, 4.69) is 23.5 Å². The van der Waals surface area contributed by atoms with Crippen molar-refractivity contribution in [2.24, 2.45) is 0 Å². The summed E-state index contributed by atoms with van der Waals surface area (Å²) in [7, 11) is 1.65. The van der Waals surface area contributed by atoms with Crippen molar-refractivity contribution in [3.63, 3.8) is 0 Å². The fourth-order valence-electron chi connectivity index (χ4n) is 2.96. The Bertz CT molecular complexity index is 765. The van der Waals surface area contributed by atoms with Gasteiger partial charge in [-0.1, -0.05) is 18.2 Å². The van der Waals surface area contributed by atoms with E-state index in [1.807, 2.05) is 17.0 Å². The Hall–Kier alpha value is -3.00. The minimum atomic E-state index is -0.124. The highest BCUT2D eigenvalue weighted by Gasteiger charge is 2.27. The van der Waals surface area contributed by atoms with E-state index in [0.717, 1.165) is 18.7 Å². The quantitative estimate of drug-likeness (QED) is 0.939. The van der Waals surface area contributed by atoms with Gasteiger partial charge in [-0.2, -0.15) is 5.26 Å². The smallest absolute Gasteiger partial charge is 0.321 e. The van der Waals surface area contributed by atoms with Crippen molar-refractivity contribution in [3.05, 3.63) is 59.7 Å². The van der Waals surface area contributed by atoms with E-state index in [9.17, 15) is 4.79 Å². The number of anilines is 1. The number of nitrogens with one attached hydrogen (secondary N) is 1. The van der Waals surface area contributed by atoms with Crippen LogP contribution in [0.4, 0.5) is 10.5 Å². The molecule has 0 bridgehead atoms. The van der Waals surface area contributed by atoms with Gasteiger partial charge in [0.25, 0.3) is 0 Å². The number of nitriles is 1. The molecule has 5 nitrogen and oxygen atoms in total. The largest absolute Gasteiger partial charge is 0.497 e. The molecule has 1 N–H and O–H groups in total. The maximum Gasteiger partial charge on any atom is 0.321 e. The van der Waals surface area contributed by atoms with Crippen molar-refractivity contribution in [2.45, 2.75) is 12.3 Å². The summed E-state index contributed by atoms with van der Waals surface area (Å²) in [6.07, 6.45) is 0.942. The van der Waals surface area contributed by atoms with Crippen LogP contribution in [0.5, 0.6) is 5.75 Å². The number of carbonyl (C=O) groups excluding carboxylic acids is 1. The Labute approximate surface area is 141 Å². The van der Waals surface area contributed by atoms with Crippen LogP contribution in [0, 0.1) is 11.3 Å². The minimum Gasteiger partial charge on any atom is -0.497 e. The van der Waals surface area contributed by atoms with Gasteiger partial charge in [0.1, 0.15) is 5.75 Å². The van der Waals surface area contributed by atoms with Gasteiger partial charge in [0.15, 0.2) is 0 Å². The Morgan fingerprint density at radius 2 is 2.08 bits per heavy atom. The number of ether oxygens (including phenoxy) is 1. The maximum atomic E-state index is 12.4. The Balaban J connectivity index is 1.62. The van der Waals surface area contributed by atoms with Crippen LogP contribution in [0.1, 0.15) is 23.5 Å². The summed E-state index contributed by atoms with van der Waals surface area (Å²) in [6.45, 7) is 1.41. The molecule has 0 saturated carbocycles. The van der Waals surface area contributed by atoms with Crippen LogP contribution >= 0.6 is 0 Å². The summed E-state index contributed by atoms with van der Waals surface area (Å²) in [5, 5.41) is 11.8. The fourth-order valence-corrected chi connectivity index (χ4v) is 2.96. The lowest BCUT2D eigenvalue weighted by molar-refractivity contribution is 0.222. The van der Waals surface area contributed by atoms with E-state index in [0.29, 0.717) is 23.7 Å². The van der Waals surface area contributed by atoms with E-state index in [-0.39, 0.29) is 6.03 Å². The maximum absolute atomic E-state index is 12.4. The highest BCUT2D eigenvalue weighted by atomic mass is 16.5. The third-order valence-electron chi connectivity index (χ3n) is 4.31. The van der Waals surface area contributed by atoms with Gasteiger partial charge in [-0.25, -0.2) is 4.79 Å². The van der Waals surface area contributed by atoms with Crippen molar-refractivity contribution in [2.75, 3.05) is 25.5 Å². The third kappa shape index (κ3) is 3.49. The predicted molar refractivity (Wildman–Crippen MR) is 92.1 cm³/mol. The molecule has 1 saturated heterocycles. The van der Waals surface area contributed by atoms with Crippen LogP contribution in [0.3, 0.4) is 0 Å². The summed E-state index contributed by atoms with van der Waals surface area (Å²) >= 11 is 0. The summed E-state index contributed by atoms with van der Waals surface area (Å²) in [5.74, 6) is 1.18. The van der Waals surface area contributed by atoms with Gasteiger partial charge >= 0.3 is 6.03 Å². The average molecular weight is 321 g/mol. The highest BCUT2D eigenvalue weighted by Crippen LogP contribution is 2.28. The van der Waals surface area contributed by atoms with Crippen molar-refractivity contribution < 1.29 is 9.53 Å². The zero-order valence-corrected chi connectivity index (χ0v) is 13.5. The van der Waals surface area contributed by atoms with Crippen LogP contribution in [-0.4, -0.2) is 31.1 Å². The molecule has 0 spiro atoms. The molecule has 1 heterocycles. The number of hydrogen-bond donors (Lipinski definition) is 1. The molecule has 1 atom stereocenters. The molecule has 3 rings (SSSR count). The number of rotatable bonds is 3. The Kier molecular flexibility index (Phi) is 4.66. The molecule has 2 amide bonds. The second-order valence-electron chi connectivity index (χ2n) is 5.83. The molecule has 2 aromatic carbocycles. The first kappa shape index (κ1) is 15.9. The number of nitrogens with zero attached hydrogens (tertiary/aromatic N) is 2. The number of likely N-dealkylation sites (tertiary alicyclic amines) is 1. The van der Waals surface area contributed by atoms with E-state index in [1.165, 1.54) is 5.56 Å². The first-order valence-electron chi connectivity index (χ1n) is 7.89. The number of carbonyl (C=O) groups is 1. The van der Waals surface area contributed by atoms with Crippen molar-refractivity contribution >= 4 is 11.7 Å². The van der Waals surface area contributed by atoms with Gasteiger partial charge in [-0.15, -0.1) is 0 Å². The predicted octanol–water partition coefficient (Wildman–Crippen LogP) is 3.59. The molecule has 1 aliphatic rings. The average Bonchev–Trinajstić information content (AvgIpc) is 3.12. The van der Waals surface area contributed by atoms with Crippen molar-refractivity contribution in [1.82, 2.24) is 4.90 Å². The highest BCUT2D eigenvalue weighted by molar-refractivity contribution is 5.89. The lowest BCUT2D eigenvalue weighted by atomic mass is 9.98. The van der Waals surface area contributed by atoms with Crippen molar-refractivity contribution in [3.8, 4) is 11.8 Å². The van der Waals surface area contributed by atoms with Gasteiger partial charge < -0.3 is 15.0 Å². The monoisotopic (exact) mass is 321 g/mol. The lowest BCUT2D eigenvalue weighted by Crippen LogP contribution is -2.32. The van der Waals surface area contributed by atoms with Gasteiger partial charge in [-0.05, 0) is 42.3 Å². The van der Waals surface area contributed by atoms with Crippen LogP contribution in [0.2, 0.25) is 0 Å². The molecule has 24 heavy (non-hydrogen) atoms. The fraction of sp³-hybridized carbons (Fsp3) is 0.263. The Morgan fingerprint density at radius 3 is 2.79 bits per heavy atom. The number of amides is 2. The molecule has 5 heteroatoms. The molecule has 0 aliphatic carbocycles. The molecule has 0 radical (unpaired) electrons. The SMILES string of the molecule is COc1ccc([C@@H]2CCN(C(=O)Nc3cccc(C#N)c3)C2)cc1. The third-order valence-corrected chi connectivity index (χ3v) is 4.31. The van der Waals surface area contributed by atoms with Crippen LogP contribution in [0.25, 0.3) is 0 Å². The molecule has 1 fully saturated rings. The molecular weight excluding hydrogens is 302 g/mol. The first-order chi connectivity index (χ1) is 11.7. The molecule has 1 aliphatic heterocycles. The standard InChI is InChI=1S/C19H19N3O2/c1-24-18-7-5-15(6-8-18)16-9-10-22(13-16)19(23)21-17-4-2-3-14(11-17)12-20/h2-8,11,16H,9-10,13H2,1H3,(H,21,23)/t16-/m1/s1. The number of methoxy groups -OCH3 is 1. The summed E-state index contributed by atoms with van der Waals surface area (Å²) in [6, 6.07) is 16.9. The topological polar surface area (TPSA) is 65.4 Å². The number of urea groups is 1. The zero-order valence-electron chi connectivity index (χ0n) is 13.5. The van der Waals surface area contributed by atoms with Crippen molar-refractivity contribution in [1.29, 1.82) is 5.26 Å². The summed E-state index contributed by atoms with van der Waals surface area (Å²) < 4.78 is 5.18. The van der Waals surface area contributed by atoms with Gasteiger partial charge in [0.05, 0.1) is 18.7 Å². The Morgan fingerprint density at radius 1 is 1.29 bits per heavy atom. The van der Waals surface area contributed by atoms with Gasteiger partial charge in [-0.3, -0.25) is 0 Å². The number of benzene rings is 2. The van der Waals surface area contributed by atoms with Gasteiger partial charge in [0.2, 0.25) is 0 Å². The van der Waals surface area contributed by atoms with E-state index >= 15 is 0 Å². The van der Waals surface area contributed by atoms with E-state index in [1.54, 1.807) is 31.4 Å². The van der Waals surface area contributed by atoms with Crippen LogP contribution in [-0.2, 0) is 0 Å². The summed E-state index contributed by atoms with van der Waals surface area (Å²) in [4.78, 5) is 14.2. The molecule has 2 aromatic rings. The molecular formula is C19H19N3O2. The lowest BCUT2D eigenvalue weighted by Gasteiger charge is -2.18. The van der Waals surface area contributed by atoms with Crippen LogP contribution in [0.15, 0.2) is 48.5 Å². The second-order valence-corrected chi connectivity index (χ2v) is 5.83. The molecule has 122 valence electrons. The van der Waals surface area contributed by atoms with Crippen LogP contribution < -0.4 is 10.1 Å². The summed E-state index contributed by atoms with van der Waals surface area (Å²) in [5.41, 5.74) is 2.40. The first-order valence-corrected chi connectivity index (χ1v) is 7.89. The van der Waals surface area contributed by atoms with E-state index < -0.39 is 0 Å². The normalized spacial score (nSPS) is 16.5. The zero-order chi connectivity index (χ0) is 16.9. The second kappa shape index (κ2) is 7.05. The number of hydrogen-bond acceptors (Lipinski definition) is 3.